The first-order valence-electron chi connectivity index (χ1n) is 6.07. The molecule has 0 heterocycles. The summed E-state index contributed by atoms with van der Waals surface area (Å²) in [7, 11) is 0. The number of thioether (sulfide) groups is 1. The quantitative estimate of drug-likeness (QED) is 0.448. The number of nitrogens with two attached hydrogens (primary N) is 1. The van der Waals surface area contributed by atoms with E-state index >= 15 is 0 Å². The highest BCUT2D eigenvalue weighted by Gasteiger charge is 2.08. The maximum Gasteiger partial charge on any atom is 0.158 e. The number of halogens is 1. The first-order valence-corrected chi connectivity index (χ1v) is 7.06. The van der Waals surface area contributed by atoms with Gasteiger partial charge in [0.15, 0.2) is 6.29 Å². The maximum absolute atomic E-state index is 13.1. The van der Waals surface area contributed by atoms with Crippen LogP contribution in [0, 0.1) is 5.82 Å². The number of nitrogen functional groups attached to an aromatic ring is 1. The van der Waals surface area contributed by atoms with Crippen molar-refractivity contribution >= 4 is 17.4 Å². The molecule has 0 aliphatic heterocycles. The van der Waals surface area contributed by atoms with Crippen LogP contribution in [-0.2, 0) is 9.47 Å². The Morgan fingerprint density at radius 1 is 1.22 bits per heavy atom. The summed E-state index contributed by atoms with van der Waals surface area (Å²) in [5, 5.41) is 0. The van der Waals surface area contributed by atoms with E-state index < -0.39 is 0 Å². The van der Waals surface area contributed by atoms with E-state index in [0.29, 0.717) is 18.9 Å². The Kier molecular flexibility index (Phi) is 7.08. The second-order valence-electron chi connectivity index (χ2n) is 3.70. The van der Waals surface area contributed by atoms with E-state index in [4.69, 9.17) is 15.2 Å². The zero-order valence-electron chi connectivity index (χ0n) is 10.8. The Morgan fingerprint density at radius 3 is 2.44 bits per heavy atom. The van der Waals surface area contributed by atoms with Gasteiger partial charge >= 0.3 is 0 Å². The molecule has 3 nitrogen and oxygen atoms in total. The fraction of sp³-hybridized carbons (Fsp3) is 0.538. The van der Waals surface area contributed by atoms with Gasteiger partial charge in [-0.25, -0.2) is 4.39 Å². The average Bonchev–Trinajstić information content (AvgIpc) is 2.28. The minimum atomic E-state index is -0.302. The smallest absolute Gasteiger partial charge is 0.158 e. The third kappa shape index (κ3) is 5.71. The van der Waals surface area contributed by atoms with Crippen LogP contribution in [0.25, 0.3) is 0 Å². The molecular weight excluding hydrogens is 253 g/mol. The molecule has 0 bridgehead atoms. The molecule has 0 aromatic heterocycles. The zero-order chi connectivity index (χ0) is 13.4. The Labute approximate surface area is 112 Å². The highest BCUT2D eigenvalue weighted by Crippen LogP contribution is 2.23. The third-order valence-electron chi connectivity index (χ3n) is 2.22. The number of hydrogen-bond acceptors (Lipinski definition) is 4. The van der Waals surface area contributed by atoms with Gasteiger partial charge in [0.1, 0.15) is 5.82 Å². The first kappa shape index (κ1) is 15.3. The SMILES string of the molecule is CCOC(CCSc1cc(N)cc(F)c1)OCC. The van der Waals surface area contributed by atoms with E-state index in [0.717, 1.165) is 17.1 Å². The molecule has 5 heteroatoms. The zero-order valence-corrected chi connectivity index (χ0v) is 11.6. The predicted molar refractivity (Wildman–Crippen MR) is 73.2 cm³/mol. The lowest BCUT2D eigenvalue weighted by molar-refractivity contribution is -0.136. The van der Waals surface area contributed by atoms with Crippen LogP contribution in [0.15, 0.2) is 23.1 Å². The second-order valence-corrected chi connectivity index (χ2v) is 4.87. The topological polar surface area (TPSA) is 44.5 Å². The molecular formula is C13H20FNO2S. The Hall–Kier alpha value is -0.780. The van der Waals surface area contributed by atoms with Gasteiger partial charge in [0.25, 0.3) is 0 Å². The van der Waals surface area contributed by atoms with Gasteiger partial charge in [-0.05, 0) is 32.0 Å². The number of anilines is 1. The summed E-state index contributed by atoms with van der Waals surface area (Å²) in [6, 6.07) is 4.56. The Bertz CT molecular complexity index is 337. The molecule has 102 valence electrons. The van der Waals surface area contributed by atoms with Gasteiger partial charge in [-0.1, -0.05) is 0 Å². The lowest BCUT2D eigenvalue weighted by Crippen LogP contribution is -2.18. The van der Waals surface area contributed by atoms with Gasteiger partial charge in [-0.3, -0.25) is 0 Å². The normalized spacial score (nSPS) is 11.1. The van der Waals surface area contributed by atoms with Crippen molar-refractivity contribution in [2.75, 3.05) is 24.7 Å². The van der Waals surface area contributed by atoms with E-state index in [9.17, 15) is 4.39 Å². The van der Waals surface area contributed by atoms with Crippen molar-refractivity contribution in [3.8, 4) is 0 Å². The van der Waals surface area contributed by atoms with E-state index in [2.05, 4.69) is 0 Å². The van der Waals surface area contributed by atoms with E-state index in [1.807, 2.05) is 13.8 Å². The van der Waals surface area contributed by atoms with Crippen LogP contribution < -0.4 is 5.73 Å². The predicted octanol–water partition coefficient (Wildman–Crippen LogP) is 3.29. The van der Waals surface area contributed by atoms with Crippen LogP contribution in [0.3, 0.4) is 0 Å². The molecule has 1 rings (SSSR count). The highest BCUT2D eigenvalue weighted by atomic mass is 32.2. The lowest BCUT2D eigenvalue weighted by Gasteiger charge is -2.16. The summed E-state index contributed by atoms with van der Waals surface area (Å²) >= 11 is 1.55. The van der Waals surface area contributed by atoms with E-state index in [1.165, 1.54) is 12.1 Å². The van der Waals surface area contributed by atoms with Gasteiger partial charge in [0.2, 0.25) is 0 Å². The molecule has 0 fully saturated rings. The van der Waals surface area contributed by atoms with Crippen LogP contribution in [0.2, 0.25) is 0 Å². The van der Waals surface area contributed by atoms with Crippen LogP contribution in [0.4, 0.5) is 10.1 Å². The van der Waals surface area contributed by atoms with E-state index in [1.54, 1.807) is 17.8 Å². The highest BCUT2D eigenvalue weighted by molar-refractivity contribution is 7.99. The average molecular weight is 273 g/mol. The molecule has 0 atom stereocenters. The molecule has 0 aliphatic rings. The molecule has 0 saturated heterocycles. The summed E-state index contributed by atoms with van der Waals surface area (Å²) in [5.41, 5.74) is 6.03. The van der Waals surface area contributed by atoms with Crippen molar-refractivity contribution in [1.82, 2.24) is 0 Å². The molecule has 0 amide bonds. The number of ether oxygens (including phenoxy) is 2. The molecule has 1 aromatic rings. The minimum absolute atomic E-state index is 0.182. The van der Waals surface area contributed by atoms with Crippen LogP contribution >= 0.6 is 11.8 Å². The number of hydrogen-bond donors (Lipinski definition) is 1. The fourth-order valence-corrected chi connectivity index (χ4v) is 2.49. The lowest BCUT2D eigenvalue weighted by atomic mass is 10.3. The van der Waals surface area contributed by atoms with Crippen LogP contribution in [0.5, 0.6) is 0 Å². The van der Waals surface area contributed by atoms with Gasteiger partial charge in [0, 0.05) is 36.0 Å². The van der Waals surface area contributed by atoms with Crippen LogP contribution in [-0.4, -0.2) is 25.3 Å². The first-order chi connectivity index (χ1) is 8.65. The van der Waals surface area contributed by atoms with Crippen molar-refractivity contribution in [1.29, 1.82) is 0 Å². The van der Waals surface area contributed by atoms with Crippen molar-refractivity contribution in [2.24, 2.45) is 0 Å². The molecule has 2 N–H and O–H groups in total. The standard InChI is InChI=1S/C13H20FNO2S/c1-3-16-13(17-4-2)5-6-18-12-8-10(14)7-11(15)9-12/h7-9,13H,3-6,15H2,1-2H3. The molecule has 0 saturated carbocycles. The fourth-order valence-electron chi connectivity index (χ4n) is 1.53. The summed E-state index contributed by atoms with van der Waals surface area (Å²) in [6.07, 6.45) is 0.585. The summed E-state index contributed by atoms with van der Waals surface area (Å²) in [5.74, 6) is 0.497. The summed E-state index contributed by atoms with van der Waals surface area (Å²) in [6.45, 7) is 5.13. The number of rotatable bonds is 8. The molecule has 18 heavy (non-hydrogen) atoms. The van der Waals surface area contributed by atoms with Gasteiger partial charge in [-0.2, -0.15) is 0 Å². The van der Waals surface area contributed by atoms with Crippen LogP contribution in [0.1, 0.15) is 20.3 Å². The third-order valence-corrected chi connectivity index (χ3v) is 3.23. The molecule has 1 aromatic carbocycles. The molecule has 0 aliphatic carbocycles. The van der Waals surface area contributed by atoms with Crippen molar-refractivity contribution in [3.63, 3.8) is 0 Å². The van der Waals surface area contributed by atoms with Gasteiger partial charge in [0.05, 0.1) is 0 Å². The monoisotopic (exact) mass is 273 g/mol. The molecule has 0 spiro atoms. The Morgan fingerprint density at radius 2 is 1.89 bits per heavy atom. The maximum atomic E-state index is 13.1. The van der Waals surface area contributed by atoms with E-state index in [-0.39, 0.29) is 12.1 Å². The van der Waals surface area contributed by atoms with Crippen molar-refractivity contribution < 1.29 is 13.9 Å². The minimum Gasteiger partial charge on any atom is -0.399 e. The number of benzene rings is 1. The molecule has 0 unspecified atom stereocenters. The summed E-state index contributed by atoms with van der Waals surface area (Å²) < 4.78 is 24.0. The largest absolute Gasteiger partial charge is 0.399 e. The summed E-state index contributed by atoms with van der Waals surface area (Å²) in [4.78, 5) is 0.833. The van der Waals surface area contributed by atoms with Gasteiger partial charge in [-0.15, -0.1) is 11.8 Å². The molecule has 0 radical (unpaired) electrons. The second kappa shape index (κ2) is 8.34. The Balaban J connectivity index is 2.39. The van der Waals surface area contributed by atoms with Crippen molar-refractivity contribution in [3.05, 3.63) is 24.0 Å². The van der Waals surface area contributed by atoms with Gasteiger partial charge < -0.3 is 15.2 Å². The van der Waals surface area contributed by atoms with Crippen molar-refractivity contribution in [2.45, 2.75) is 31.5 Å².